The molecule has 1 rings (SSSR count). The molecule has 0 radical (unpaired) electrons. The number of thioether (sulfide) groups is 1. The summed E-state index contributed by atoms with van der Waals surface area (Å²) < 4.78 is 9.82. The standard InChI is InChI=1S/C12H20N2O3S/c1-8(10(15)16-5)6-18-7-9-13-11(14-17-9)12(2,3)4/h8H,6-7H2,1-5H3. The van der Waals surface area contributed by atoms with Crippen molar-refractivity contribution in [3.63, 3.8) is 0 Å². The van der Waals surface area contributed by atoms with E-state index in [0.717, 1.165) is 0 Å². The summed E-state index contributed by atoms with van der Waals surface area (Å²) in [5, 5.41) is 3.95. The maximum Gasteiger partial charge on any atom is 0.309 e. The van der Waals surface area contributed by atoms with Gasteiger partial charge in [0.25, 0.3) is 0 Å². The largest absolute Gasteiger partial charge is 0.469 e. The maximum atomic E-state index is 11.2. The first-order valence-corrected chi connectivity index (χ1v) is 6.98. The minimum Gasteiger partial charge on any atom is -0.469 e. The number of ether oxygens (including phenoxy) is 1. The Morgan fingerprint density at radius 1 is 1.50 bits per heavy atom. The molecule has 0 bridgehead atoms. The number of carbonyl (C=O) groups excluding carboxylic acids is 1. The van der Waals surface area contributed by atoms with E-state index in [9.17, 15) is 4.79 Å². The fourth-order valence-corrected chi connectivity index (χ4v) is 2.11. The van der Waals surface area contributed by atoms with E-state index in [4.69, 9.17) is 4.52 Å². The van der Waals surface area contributed by atoms with Gasteiger partial charge in [0.15, 0.2) is 5.82 Å². The minimum atomic E-state index is -0.191. The van der Waals surface area contributed by atoms with E-state index in [1.54, 1.807) is 11.8 Å². The molecule has 0 saturated carbocycles. The van der Waals surface area contributed by atoms with Crippen LogP contribution in [0, 0.1) is 5.92 Å². The average Bonchev–Trinajstić information content (AvgIpc) is 2.76. The zero-order valence-electron chi connectivity index (χ0n) is 11.5. The molecule has 1 unspecified atom stereocenters. The Balaban J connectivity index is 2.41. The van der Waals surface area contributed by atoms with E-state index < -0.39 is 0 Å². The van der Waals surface area contributed by atoms with Gasteiger partial charge in [-0.05, 0) is 0 Å². The molecule has 0 saturated heterocycles. The lowest BCUT2D eigenvalue weighted by molar-refractivity contribution is -0.143. The van der Waals surface area contributed by atoms with Crippen LogP contribution in [-0.4, -0.2) is 29.0 Å². The van der Waals surface area contributed by atoms with E-state index in [1.807, 2.05) is 27.7 Å². The van der Waals surface area contributed by atoms with Crippen molar-refractivity contribution in [2.45, 2.75) is 38.9 Å². The molecule has 6 heteroatoms. The van der Waals surface area contributed by atoms with Gasteiger partial charge in [-0.2, -0.15) is 16.7 Å². The zero-order chi connectivity index (χ0) is 13.8. The molecule has 1 aromatic rings. The number of hydrogen-bond donors (Lipinski definition) is 0. The summed E-state index contributed by atoms with van der Waals surface area (Å²) in [4.78, 5) is 15.5. The van der Waals surface area contributed by atoms with Crippen molar-refractivity contribution >= 4 is 17.7 Å². The van der Waals surface area contributed by atoms with Gasteiger partial charge in [-0.25, -0.2) is 0 Å². The van der Waals surface area contributed by atoms with Gasteiger partial charge in [0.2, 0.25) is 5.89 Å². The number of esters is 1. The molecule has 0 aliphatic heterocycles. The van der Waals surface area contributed by atoms with Crippen LogP contribution in [0.3, 0.4) is 0 Å². The van der Waals surface area contributed by atoms with Gasteiger partial charge in [-0.1, -0.05) is 32.9 Å². The first-order valence-electron chi connectivity index (χ1n) is 5.83. The molecule has 0 aliphatic carbocycles. The number of nitrogens with zero attached hydrogens (tertiary/aromatic N) is 2. The monoisotopic (exact) mass is 272 g/mol. The Bertz CT molecular complexity index is 398. The topological polar surface area (TPSA) is 65.2 Å². The number of rotatable bonds is 5. The second-order valence-electron chi connectivity index (χ2n) is 5.20. The van der Waals surface area contributed by atoms with E-state index in [1.165, 1.54) is 7.11 Å². The summed E-state index contributed by atoms with van der Waals surface area (Å²) >= 11 is 1.59. The first-order chi connectivity index (χ1) is 8.34. The Labute approximate surface area is 112 Å². The van der Waals surface area contributed by atoms with Gasteiger partial charge in [0.05, 0.1) is 18.8 Å². The molecule has 18 heavy (non-hydrogen) atoms. The summed E-state index contributed by atoms with van der Waals surface area (Å²) in [7, 11) is 1.40. The van der Waals surface area contributed by atoms with Crippen LogP contribution in [0.15, 0.2) is 4.52 Å². The van der Waals surface area contributed by atoms with Crippen molar-refractivity contribution in [3.05, 3.63) is 11.7 Å². The predicted octanol–water partition coefficient (Wildman–Crippen LogP) is 2.41. The van der Waals surface area contributed by atoms with Crippen LogP contribution in [-0.2, 0) is 20.7 Å². The van der Waals surface area contributed by atoms with E-state index in [0.29, 0.717) is 23.2 Å². The Hall–Kier alpha value is -1.04. The summed E-state index contributed by atoms with van der Waals surface area (Å²) in [6.45, 7) is 7.95. The van der Waals surface area contributed by atoms with Gasteiger partial charge in [-0.3, -0.25) is 4.79 Å². The molecule has 1 heterocycles. The summed E-state index contributed by atoms with van der Waals surface area (Å²) in [6.07, 6.45) is 0. The second kappa shape index (κ2) is 6.22. The molecule has 1 atom stereocenters. The van der Waals surface area contributed by atoms with Crippen LogP contribution in [0.1, 0.15) is 39.4 Å². The molecular formula is C12H20N2O3S. The highest BCUT2D eigenvalue weighted by Gasteiger charge is 2.21. The van der Waals surface area contributed by atoms with Crippen molar-refractivity contribution in [1.29, 1.82) is 0 Å². The van der Waals surface area contributed by atoms with Crippen molar-refractivity contribution in [1.82, 2.24) is 10.1 Å². The lowest BCUT2D eigenvalue weighted by Crippen LogP contribution is -2.15. The number of methoxy groups -OCH3 is 1. The van der Waals surface area contributed by atoms with Gasteiger partial charge in [0, 0.05) is 11.2 Å². The highest BCUT2D eigenvalue weighted by atomic mass is 32.2. The zero-order valence-corrected chi connectivity index (χ0v) is 12.3. The Morgan fingerprint density at radius 3 is 2.67 bits per heavy atom. The Kier molecular flexibility index (Phi) is 5.19. The van der Waals surface area contributed by atoms with Crippen molar-refractivity contribution in [2.75, 3.05) is 12.9 Å². The van der Waals surface area contributed by atoms with Crippen LogP contribution < -0.4 is 0 Å². The molecule has 0 spiro atoms. The number of aromatic nitrogens is 2. The number of hydrogen-bond acceptors (Lipinski definition) is 6. The van der Waals surface area contributed by atoms with Crippen LogP contribution in [0.5, 0.6) is 0 Å². The van der Waals surface area contributed by atoms with Crippen molar-refractivity contribution in [3.8, 4) is 0 Å². The third-order valence-electron chi connectivity index (χ3n) is 2.34. The predicted molar refractivity (Wildman–Crippen MR) is 70.3 cm³/mol. The molecule has 102 valence electrons. The highest BCUT2D eigenvalue weighted by molar-refractivity contribution is 7.98. The van der Waals surface area contributed by atoms with Gasteiger partial charge >= 0.3 is 5.97 Å². The SMILES string of the molecule is COC(=O)C(C)CSCc1nc(C(C)(C)C)no1. The molecule has 5 nitrogen and oxygen atoms in total. The van der Waals surface area contributed by atoms with E-state index >= 15 is 0 Å². The third kappa shape index (κ3) is 4.33. The van der Waals surface area contributed by atoms with Crippen LogP contribution in [0.2, 0.25) is 0 Å². The maximum absolute atomic E-state index is 11.2. The van der Waals surface area contributed by atoms with Gasteiger partial charge in [0.1, 0.15) is 0 Å². The van der Waals surface area contributed by atoms with Crippen LogP contribution in [0.25, 0.3) is 0 Å². The van der Waals surface area contributed by atoms with Crippen molar-refractivity contribution < 1.29 is 14.1 Å². The molecular weight excluding hydrogens is 252 g/mol. The molecule has 0 fully saturated rings. The summed E-state index contributed by atoms with van der Waals surface area (Å²) in [5.74, 6) is 2.29. The molecule has 1 aromatic heterocycles. The highest BCUT2D eigenvalue weighted by Crippen LogP contribution is 2.21. The quantitative estimate of drug-likeness (QED) is 0.767. The average molecular weight is 272 g/mol. The lowest BCUT2D eigenvalue weighted by Gasteiger charge is -2.10. The molecule has 0 N–H and O–H groups in total. The molecule has 0 amide bonds. The normalized spacial score (nSPS) is 13.4. The second-order valence-corrected chi connectivity index (χ2v) is 6.23. The van der Waals surface area contributed by atoms with Crippen molar-refractivity contribution in [2.24, 2.45) is 5.92 Å². The Morgan fingerprint density at radius 2 is 2.17 bits per heavy atom. The van der Waals surface area contributed by atoms with Gasteiger partial charge < -0.3 is 9.26 Å². The van der Waals surface area contributed by atoms with Gasteiger partial charge in [-0.15, -0.1) is 0 Å². The molecule has 0 aliphatic rings. The summed E-state index contributed by atoms with van der Waals surface area (Å²) in [6, 6.07) is 0. The number of carbonyl (C=O) groups is 1. The van der Waals surface area contributed by atoms with E-state index in [2.05, 4.69) is 14.9 Å². The molecule has 0 aromatic carbocycles. The first kappa shape index (κ1) is 15.0. The minimum absolute atomic E-state index is 0.105. The third-order valence-corrected chi connectivity index (χ3v) is 3.52. The van der Waals surface area contributed by atoms with E-state index in [-0.39, 0.29) is 17.3 Å². The van der Waals surface area contributed by atoms with Crippen LogP contribution in [0.4, 0.5) is 0 Å². The van der Waals surface area contributed by atoms with Crippen LogP contribution >= 0.6 is 11.8 Å². The fourth-order valence-electron chi connectivity index (χ4n) is 1.21. The lowest BCUT2D eigenvalue weighted by atomic mass is 9.96. The smallest absolute Gasteiger partial charge is 0.309 e. The summed E-state index contributed by atoms with van der Waals surface area (Å²) in [5.41, 5.74) is -0.105. The fraction of sp³-hybridized carbons (Fsp3) is 0.750.